The molecule has 3 aromatic heterocycles. The predicted octanol–water partition coefficient (Wildman–Crippen LogP) is 19.0. The van der Waals surface area contributed by atoms with Crippen LogP contribution in [0.1, 0.15) is 79.0 Å². The Hall–Kier alpha value is -7.85. The Morgan fingerprint density at radius 2 is 0.842 bits per heavy atom. The number of fused-ring (bicyclic) bond motifs is 3. The van der Waals surface area contributed by atoms with Crippen LogP contribution in [0.4, 0.5) is 0 Å². The Morgan fingerprint density at radius 3 is 1.43 bits per heavy atom. The summed E-state index contributed by atoms with van der Waals surface area (Å²) in [4.78, 5) is 10.8. The first kappa shape index (κ1) is 51.6. The van der Waals surface area contributed by atoms with Crippen molar-refractivity contribution in [2.24, 2.45) is 0 Å². The molecule has 8 aromatic carbocycles. The summed E-state index contributed by atoms with van der Waals surface area (Å²) in [5.74, 6) is 0.226. The minimum atomic E-state index is -0.130. The Labute approximate surface area is 461 Å². The van der Waals surface area contributed by atoms with E-state index in [1.54, 1.807) is 6.07 Å². The van der Waals surface area contributed by atoms with Gasteiger partial charge in [0.05, 0.1) is 22.8 Å². The van der Waals surface area contributed by atoms with Crippen LogP contribution in [-0.2, 0) is 37.3 Å². The summed E-state index contributed by atoms with van der Waals surface area (Å²) in [5, 5.41) is 26.4. The van der Waals surface area contributed by atoms with Gasteiger partial charge in [0.15, 0.2) is 0 Å². The van der Waals surface area contributed by atoms with Crippen LogP contribution < -0.4 is 0 Å². The quantitative estimate of drug-likeness (QED) is 0.158. The van der Waals surface area contributed by atoms with Gasteiger partial charge < -0.3 is 14.6 Å². The molecule has 5 nitrogen and oxygen atoms in total. The van der Waals surface area contributed by atoms with E-state index in [1.807, 2.05) is 84.9 Å². The monoisotopic (exact) mass is 1170 g/mol. The topological polar surface area (TPSA) is 79.4 Å². The standard InChI is InChI=1S/C70H62N2O3.Pt/c1-68(2,3)49-34-47(35-50(39-49)69(4,5)6)48-37-59(56-42-63-66(52-28-19-20-31-62(52)75-63)65(67(56)74)45-26-17-12-18-27-45)72-60(38-48)58-30-21-29-57(71-58)55-36-46(32-33-61(55)73)64-53(43-22-13-10-14-23-43)40-51(70(7,8)9)41-54(64)44-24-15-11-16-25-44;/h10-42,73-74H,1-9H3;. The maximum Gasteiger partial charge on any atom is 0.137 e. The average Bonchev–Trinajstić information content (AvgIpc) is 3.81. The molecule has 6 heteroatoms. The first-order valence-electron chi connectivity index (χ1n) is 25.9. The van der Waals surface area contributed by atoms with Crippen molar-refractivity contribution in [3.8, 4) is 101 Å². The second-order valence-corrected chi connectivity index (χ2v) is 23.0. The molecule has 0 bridgehead atoms. The van der Waals surface area contributed by atoms with Crippen molar-refractivity contribution in [3.05, 3.63) is 217 Å². The number of phenolic OH excluding ortho intramolecular Hbond substituents is 2. The molecule has 0 amide bonds. The minimum Gasteiger partial charge on any atom is -0.507 e. The summed E-state index contributed by atoms with van der Waals surface area (Å²) in [6, 6.07) is 68.5. The number of hydrogen-bond acceptors (Lipinski definition) is 5. The fraction of sp³-hybridized carbons (Fsp3) is 0.171. The predicted molar refractivity (Wildman–Crippen MR) is 312 cm³/mol. The summed E-state index contributed by atoms with van der Waals surface area (Å²) in [5.41, 5.74) is 18.2. The third-order valence-electron chi connectivity index (χ3n) is 14.5. The zero-order chi connectivity index (χ0) is 52.4. The molecule has 0 radical (unpaired) electrons. The fourth-order valence-electron chi connectivity index (χ4n) is 10.3. The molecule has 0 aliphatic rings. The van der Waals surface area contributed by atoms with Gasteiger partial charge in [0.1, 0.15) is 22.7 Å². The fourth-order valence-corrected chi connectivity index (χ4v) is 10.3. The second kappa shape index (κ2) is 20.0. The van der Waals surface area contributed by atoms with E-state index in [2.05, 4.69) is 172 Å². The molecule has 0 aliphatic carbocycles. The smallest absolute Gasteiger partial charge is 0.137 e. The van der Waals surface area contributed by atoms with Crippen LogP contribution in [0.2, 0.25) is 0 Å². The maximum absolute atomic E-state index is 12.8. The Morgan fingerprint density at radius 1 is 0.342 bits per heavy atom. The van der Waals surface area contributed by atoms with E-state index in [1.165, 1.54) is 16.7 Å². The van der Waals surface area contributed by atoms with Crippen LogP contribution >= 0.6 is 0 Å². The van der Waals surface area contributed by atoms with Crippen molar-refractivity contribution >= 4 is 21.9 Å². The van der Waals surface area contributed by atoms with Gasteiger partial charge in [-0.2, -0.15) is 0 Å². The van der Waals surface area contributed by atoms with E-state index < -0.39 is 0 Å². The molecule has 380 valence electrons. The molecule has 0 saturated heterocycles. The normalized spacial score (nSPS) is 12.0. The van der Waals surface area contributed by atoms with Crippen molar-refractivity contribution in [3.63, 3.8) is 0 Å². The third-order valence-corrected chi connectivity index (χ3v) is 14.5. The summed E-state index contributed by atoms with van der Waals surface area (Å²) in [7, 11) is 0. The third kappa shape index (κ3) is 9.93. The Kier molecular flexibility index (Phi) is 13.6. The van der Waals surface area contributed by atoms with Crippen molar-refractivity contribution in [1.29, 1.82) is 0 Å². The van der Waals surface area contributed by atoms with Crippen LogP contribution in [0.15, 0.2) is 205 Å². The van der Waals surface area contributed by atoms with E-state index in [0.29, 0.717) is 45.0 Å². The molecule has 3 heterocycles. The van der Waals surface area contributed by atoms with Crippen molar-refractivity contribution in [2.75, 3.05) is 0 Å². The van der Waals surface area contributed by atoms with E-state index in [-0.39, 0.29) is 48.8 Å². The number of pyridine rings is 2. The number of phenols is 2. The van der Waals surface area contributed by atoms with Crippen molar-refractivity contribution in [1.82, 2.24) is 9.97 Å². The zero-order valence-corrected chi connectivity index (χ0v) is 46.8. The van der Waals surface area contributed by atoms with Crippen LogP contribution in [0.5, 0.6) is 11.5 Å². The summed E-state index contributed by atoms with van der Waals surface area (Å²) in [6.45, 7) is 20.3. The van der Waals surface area contributed by atoms with E-state index >= 15 is 0 Å². The number of para-hydroxylation sites is 1. The molecule has 11 aromatic rings. The summed E-state index contributed by atoms with van der Waals surface area (Å²) >= 11 is 0. The molecule has 0 unspecified atom stereocenters. The number of rotatable bonds is 8. The van der Waals surface area contributed by atoms with Gasteiger partial charge in [0.2, 0.25) is 0 Å². The van der Waals surface area contributed by atoms with Crippen LogP contribution in [0.3, 0.4) is 0 Å². The van der Waals surface area contributed by atoms with Gasteiger partial charge in [-0.05, 0) is 144 Å². The molecular weight excluding hydrogens is 1110 g/mol. The molecule has 0 aliphatic heterocycles. The largest absolute Gasteiger partial charge is 0.507 e. The molecule has 0 atom stereocenters. The van der Waals surface area contributed by atoms with E-state index in [9.17, 15) is 10.2 Å². The van der Waals surface area contributed by atoms with Gasteiger partial charge in [-0.15, -0.1) is 0 Å². The SMILES string of the molecule is CC(C)(C)c1cc(-c2cc(-c3cccc(-c4cc(-c5c(-c6ccccc6)cc(C(C)(C)C)cc5-c5ccccc5)ccc4O)n3)nc(-c3cc4oc5ccccc5c4c(-c4ccccc4)c3O)c2)cc(C(C)(C)C)c1.[Pt]. The second-order valence-electron chi connectivity index (χ2n) is 23.0. The van der Waals surface area contributed by atoms with E-state index in [0.717, 1.165) is 66.4 Å². The average molecular weight is 1170 g/mol. The molecular formula is C70H62N2O3Pt. The maximum atomic E-state index is 12.8. The number of benzene rings is 8. The summed E-state index contributed by atoms with van der Waals surface area (Å²) in [6.07, 6.45) is 0. The molecule has 0 spiro atoms. The number of furan rings is 1. The van der Waals surface area contributed by atoms with Crippen molar-refractivity contribution in [2.45, 2.75) is 78.6 Å². The van der Waals surface area contributed by atoms with Gasteiger partial charge >= 0.3 is 0 Å². The summed E-state index contributed by atoms with van der Waals surface area (Å²) < 4.78 is 6.60. The van der Waals surface area contributed by atoms with E-state index in [4.69, 9.17) is 14.4 Å². The molecule has 0 saturated carbocycles. The zero-order valence-electron chi connectivity index (χ0n) is 44.6. The van der Waals surface area contributed by atoms with Gasteiger partial charge in [-0.3, -0.25) is 0 Å². The van der Waals surface area contributed by atoms with Crippen LogP contribution in [0.25, 0.3) is 111 Å². The molecule has 2 N–H and O–H groups in total. The van der Waals surface area contributed by atoms with Gasteiger partial charge in [-0.1, -0.05) is 202 Å². The van der Waals surface area contributed by atoms with Crippen LogP contribution in [0, 0.1) is 0 Å². The molecule has 11 rings (SSSR count). The van der Waals surface area contributed by atoms with Gasteiger partial charge in [0, 0.05) is 48.5 Å². The number of nitrogens with zero attached hydrogens (tertiary/aromatic N) is 2. The van der Waals surface area contributed by atoms with Crippen LogP contribution in [-0.4, -0.2) is 20.2 Å². The Bertz CT molecular complexity index is 3860. The number of hydrogen-bond donors (Lipinski definition) is 2. The Balaban J connectivity index is 0.00000657. The van der Waals surface area contributed by atoms with Crippen molar-refractivity contribution < 1.29 is 35.7 Å². The molecule has 0 fully saturated rings. The first-order chi connectivity index (χ1) is 35.9. The molecule has 76 heavy (non-hydrogen) atoms. The van der Waals surface area contributed by atoms with Gasteiger partial charge in [-0.25, -0.2) is 9.97 Å². The number of aromatic hydroxyl groups is 2. The number of aromatic nitrogens is 2. The minimum absolute atomic E-state index is 0. The van der Waals surface area contributed by atoms with Gasteiger partial charge in [0.25, 0.3) is 0 Å². The first-order valence-corrected chi connectivity index (χ1v) is 25.9.